The van der Waals surface area contributed by atoms with Crippen LogP contribution >= 0.6 is 27.3 Å². The second-order valence-electron chi connectivity index (χ2n) is 3.66. The Balaban J connectivity index is 2.45. The van der Waals surface area contributed by atoms with E-state index in [1.54, 1.807) is 6.07 Å². The Morgan fingerprint density at radius 2 is 2.32 bits per heavy atom. The summed E-state index contributed by atoms with van der Waals surface area (Å²) in [5.41, 5.74) is 5.26. The second-order valence-corrected chi connectivity index (χ2v) is 5.62. The summed E-state index contributed by atoms with van der Waals surface area (Å²) in [4.78, 5) is 11.2. The number of nitrogens with zero attached hydrogens (tertiary/aromatic N) is 1. The predicted molar refractivity (Wildman–Crippen MR) is 73.4 cm³/mol. The highest BCUT2D eigenvalue weighted by Gasteiger charge is 2.17. The minimum absolute atomic E-state index is 0.0655. The van der Waals surface area contributed by atoms with Gasteiger partial charge in [-0.05, 0) is 12.1 Å². The fourth-order valence-electron chi connectivity index (χ4n) is 1.72. The number of carbonyl (C=O) groups is 1. The Hall–Kier alpha value is -1.65. The standard InChI is InChI=1S/C12H8BrFN2O2S/c13-7-1-2-8(14)11-10(7)6(5-15)9(19-11)3-4-18-12(16)17/h1-2H,3-4H2,(H2,16,17). The Kier molecular flexibility index (Phi) is 4.02. The van der Waals surface area contributed by atoms with Gasteiger partial charge in [-0.15, -0.1) is 11.3 Å². The molecule has 0 saturated carbocycles. The highest BCUT2D eigenvalue weighted by atomic mass is 79.9. The first-order chi connectivity index (χ1) is 9.04. The lowest BCUT2D eigenvalue weighted by molar-refractivity contribution is 0.158. The average Bonchev–Trinajstić information content (AvgIpc) is 2.73. The van der Waals surface area contributed by atoms with Crippen LogP contribution in [0.15, 0.2) is 16.6 Å². The Bertz CT molecular complexity index is 693. The minimum Gasteiger partial charge on any atom is -0.449 e. The molecule has 2 rings (SSSR count). The maximum absolute atomic E-state index is 13.7. The number of hydrogen-bond donors (Lipinski definition) is 1. The van der Waals surface area contributed by atoms with Crippen LogP contribution in [-0.4, -0.2) is 12.7 Å². The number of nitriles is 1. The van der Waals surface area contributed by atoms with E-state index in [9.17, 15) is 14.4 Å². The molecule has 0 bridgehead atoms. The van der Waals surface area contributed by atoms with E-state index in [0.29, 0.717) is 31.4 Å². The molecule has 1 aromatic heterocycles. The average molecular weight is 343 g/mol. The van der Waals surface area contributed by atoms with Gasteiger partial charge in [-0.3, -0.25) is 0 Å². The molecule has 98 valence electrons. The van der Waals surface area contributed by atoms with Crippen LogP contribution in [0.5, 0.6) is 0 Å². The second kappa shape index (κ2) is 5.55. The number of benzene rings is 1. The van der Waals surface area contributed by atoms with E-state index < -0.39 is 6.09 Å². The molecule has 1 heterocycles. The van der Waals surface area contributed by atoms with Gasteiger partial charge in [-0.1, -0.05) is 15.9 Å². The Morgan fingerprint density at radius 3 is 2.95 bits per heavy atom. The third-order valence-electron chi connectivity index (χ3n) is 2.50. The molecule has 7 heteroatoms. The van der Waals surface area contributed by atoms with Crippen LogP contribution in [0.2, 0.25) is 0 Å². The molecule has 2 N–H and O–H groups in total. The summed E-state index contributed by atoms with van der Waals surface area (Å²) in [6.07, 6.45) is -0.538. The lowest BCUT2D eigenvalue weighted by Crippen LogP contribution is -2.14. The summed E-state index contributed by atoms with van der Waals surface area (Å²) in [6.45, 7) is 0.0655. The number of primary amides is 1. The van der Waals surface area contributed by atoms with Gasteiger partial charge in [0.2, 0.25) is 0 Å². The molecule has 0 radical (unpaired) electrons. The Labute approximate surface area is 120 Å². The summed E-state index contributed by atoms with van der Waals surface area (Å²) >= 11 is 4.49. The number of halogens is 2. The van der Waals surface area contributed by atoms with E-state index in [0.717, 1.165) is 0 Å². The van der Waals surface area contributed by atoms with Crippen LogP contribution in [0.4, 0.5) is 9.18 Å². The number of amides is 1. The molecule has 0 aliphatic rings. The summed E-state index contributed by atoms with van der Waals surface area (Å²) in [5, 5.41) is 9.77. The van der Waals surface area contributed by atoms with Gasteiger partial charge in [0, 0.05) is 21.2 Å². The lowest BCUT2D eigenvalue weighted by atomic mass is 10.1. The minimum atomic E-state index is -0.869. The fraction of sp³-hybridized carbons (Fsp3) is 0.167. The van der Waals surface area contributed by atoms with Crippen molar-refractivity contribution in [3.05, 3.63) is 32.9 Å². The van der Waals surface area contributed by atoms with Gasteiger partial charge >= 0.3 is 6.09 Å². The first-order valence-corrected chi connectivity index (χ1v) is 6.87. The summed E-state index contributed by atoms with van der Waals surface area (Å²) < 4.78 is 19.4. The van der Waals surface area contributed by atoms with Gasteiger partial charge in [0.1, 0.15) is 11.9 Å². The number of ether oxygens (including phenoxy) is 1. The normalized spacial score (nSPS) is 10.4. The first kappa shape index (κ1) is 13.8. The van der Waals surface area contributed by atoms with Crippen molar-refractivity contribution in [3.63, 3.8) is 0 Å². The number of nitrogens with two attached hydrogens (primary N) is 1. The van der Waals surface area contributed by atoms with Crippen molar-refractivity contribution in [3.8, 4) is 6.07 Å². The molecule has 1 amide bonds. The number of carbonyl (C=O) groups excluding carboxylic acids is 1. The zero-order valence-electron chi connectivity index (χ0n) is 9.57. The van der Waals surface area contributed by atoms with Crippen LogP contribution in [0, 0.1) is 17.1 Å². The molecular weight excluding hydrogens is 335 g/mol. The van der Waals surface area contributed by atoms with Crippen molar-refractivity contribution in [1.29, 1.82) is 5.26 Å². The maximum atomic E-state index is 13.7. The lowest BCUT2D eigenvalue weighted by Gasteiger charge is -1.99. The van der Waals surface area contributed by atoms with Crippen LogP contribution in [0.1, 0.15) is 10.4 Å². The maximum Gasteiger partial charge on any atom is 0.404 e. The molecule has 0 fully saturated rings. The monoisotopic (exact) mass is 342 g/mol. The van der Waals surface area contributed by atoms with Crippen LogP contribution in [0.3, 0.4) is 0 Å². The first-order valence-electron chi connectivity index (χ1n) is 5.26. The van der Waals surface area contributed by atoms with Crippen molar-refractivity contribution in [2.75, 3.05) is 6.61 Å². The molecule has 0 saturated heterocycles. The van der Waals surface area contributed by atoms with E-state index in [1.807, 2.05) is 0 Å². The van der Waals surface area contributed by atoms with Gasteiger partial charge in [-0.2, -0.15) is 5.26 Å². The Morgan fingerprint density at radius 1 is 1.58 bits per heavy atom. The SMILES string of the molecule is N#Cc1c(CCOC(N)=O)sc2c(F)ccc(Br)c12. The zero-order chi connectivity index (χ0) is 14.0. The van der Waals surface area contributed by atoms with E-state index in [1.165, 1.54) is 17.4 Å². The van der Waals surface area contributed by atoms with Gasteiger partial charge < -0.3 is 10.5 Å². The van der Waals surface area contributed by atoms with Crippen LogP contribution in [-0.2, 0) is 11.2 Å². The van der Waals surface area contributed by atoms with Crippen molar-refractivity contribution in [1.82, 2.24) is 0 Å². The van der Waals surface area contributed by atoms with Crippen molar-refractivity contribution in [2.24, 2.45) is 5.73 Å². The van der Waals surface area contributed by atoms with Crippen molar-refractivity contribution < 1.29 is 13.9 Å². The largest absolute Gasteiger partial charge is 0.449 e. The van der Waals surface area contributed by atoms with Gasteiger partial charge in [0.25, 0.3) is 0 Å². The summed E-state index contributed by atoms with van der Waals surface area (Å²) in [6, 6.07) is 4.97. The molecule has 2 aromatic rings. The molecular formula is C12H8BrFN2O2S. The fourth-order valence-corrected chi connectivity index (χ4v) is 3.54. The topological polar surface area (TPSA) is 76.1 Å². The molecule has 0 spiro atoms. The van der Waals surface area contributed by atoms with E-state index in [-0.39, 0.29) is 12.4 Å². The zero-order valence-corrected chi connectivity index (χ0v) is 12.0. The molecule has 4 nitrogen and oxygen atoms in total. The molecule has 19 heavy (non-hydrogen) atoms. The van der Waals surface area contributed by atoms with Gasteiger partial charge in [0.15, 0.2) is 0 Å². The highest BCUT2D eigenvalue weighted by molar-refractivity contribution is 9.10. The molecule has 0 unspecified atom stereocenters. The third-order valence-corrected chi connectivity index (χ3v) is 4.42. The summed E-state index contributed by atoms with van der Waals surface area (Å²) in [5.74, 6) is -0.373. The molecule has 0 atom stereocenters. The number of fused-ring (bicyclic) bond motifs is 1. The summed E-state index contributed by atoms with van der Waals surface area (Å²) in [7, 11) is 0. The van der Waals surface area contributed by atoms with Gasteiger partial charge in [-0.25, -0.2) is 9.18 Å². The van der Waals surface area contributed by atoms with E-state index in [4.69, 9.17) is 5.73 Å². The van der Waals surface area contributed by atoms with Gasteiger partial charge in [0.05, 0.1) is 16.9 Å². The number of hydrogen-bond acceptors (Lipinski definition) is 4. The number of thiophene rings is 1. The predicted octanol–water partition coefficient (Wildman–Crippen LogP) is 3.31. The third kappa shape index (κ3) is 2.69. The molecule has 0 aliphatic heterocycles. The van der Waals surface area contributed by atoms with E-state index in [2.05, 4.69) is 26.7 Å². The highest BCUT2D eigenvalue weighted by Crippen LogP contribution is 2.37. The quantitative estimate of drug-likeness (QED) is 0.929. The van der Waals surface area contributed by atoms with Crippen LogP contribution in [0.25, 0.3) is 10.1 Å². The van der Waals surface area contributed by atoms with Crippen molar-refractivity contribution in [2.45, 2.75) is 6.42 Å². The molecule has 1 aromatic carbocycles. The van der Waals surface area contributed by atoms with E-state index >= 15 is 0 Å². The molecule has 0 aliphatic carbocycles. The number of rotatable bonds is 3. The van der Waals surface area contributed by atoms with Crippen LogP contribution < -0.4 is 5.73 Å². The van der Waals surface area contributed by atoms with Crippen molar-refractivity contribution >= 4 is 43.4 Å². The smallest absolute Gasteiger partial charge is 0.404 e.